The minimum Gasteiger partial charge on any atom is -0.298 e. The van der Waals surface area contributed by atoms with Gasteiger partial charge in [-0.1, -0.05) is 27.7 Å². The topological polar surface area (TPSA) is 17.1 Å². The van der Waals surface area contributed by atoms with Crippen molar-refractivity contribution in [1.82, 2.24) is 0 Å². The number of halogens is 3. The zero-order valence-corrected chi connectivity index (χ0v) is 11.4. The smallest absolute Gasteiger partial charge is 0.159 e. The Morgan fingerprint density at radius 1 is 1.06 bits per heavy atom. The summed E-state index contributed by atoms with van der Waals surface area (Å²) in [4.78, 5) is 12.1. The third kappa shape index (κ3) is 2.97. The van der Waals surface area contributed by atoms with E-state index in [1.165, 1.54) is 17.8 Å². The van der Waals surface area contributed by atoms with Crippen LogP contribution in [0.5, 0.6) is 0 Å². The lowest BCUT2D eigenvalue weighted by Gasteiger charge is -2.05. The number of hydrogen-bond acceptors (Lipinski definition) is 2. The van der Waals surface area contributed by atoms with Crippen molar-refractivity contribution in [3.63, 3.8) is 0 Å². The Kier molecular flexibility index (Phi) is 4.14. The molecule has 0 heterocycles. The Balaban J connectivity index is 2.35. The van der Waals surface area contributed by atoms with Crippen LogP contribution in [0.2, 0.25) is 0 Å². The van der Waals surface area contributed by atoms with Gasteiger partial charge in [-0.3, -0.25) is 4.79 Å². The summed E-state index contributed by atoms with van der Waals surface area (Å²) in [5.41, 5.74) is 0.507. The first kappa shape index (κ1) is 13.2. The van der Waals surface area contributed by atoms with Crippen LogP contribution in [0.4, 0.5) is 8.78 Å². The van der Waals surface area contributed by atoms with Crippen molar-refractivity contribution in [2.45, 2.75) is 9.79 Å². The van der Waals surface area contributed by atoms with Gasteiger partial charge in [-0.15, -0.1) is 0 Å². The van der Waals surface area contributed by atoms with E-state index in [1.54, 1.807) is 18.2 Å². The van der Waals surface area contributed by atoms with Crippen molar-refractivity contribution >= 4 is 34.0 Å². The highest BCUT2D eigenvalue weighted by Gasteiger charge is 2.07. The molecule has 0 radical (unpaired) electrons. The predicted molar refractivity (Wildman–Crippen MR) is 70.0 cm³/mol. The molecule has 0 N–H and O–H groups in total. The molecule has 0 aliphatic heterocycles. The summed E-state index contributed by atoms with van der Waals surface area (Å²) in [6.07, 6.45) is 0.731. The normalized spacial score (nSPS) is 10.4. The Morgan fingerprint density at radius 2 is 1.83 bits per heavy atom. The largest absolute Gasteiger partial charge is 0.298 e. The molecule has 0 saturated carbocycles. The first-order chi connectivity index (χ1) is 8.60. The second kappa shape index (κ2) is 5.63. The molecule has 0 spiro atoms. The summed E-state index contributed by atoms with van der Waals surface area (Å²) in [6, 6.07) is 8.82. The molecule has 0 fully saturated rings. The number of carbonyl (C=O) groups excluding carboxylic acids is 1. The summed E-state index contributed by atoms with van der Waals surface area (Å²) in [5, 5.41) is 0. The van der Waals surface area contributed by atoms with Crippen molar-refractivity contribution in [3.05, 3.63) is 58.1 Å². The van der Waals surface area contributed by atoms with E-state index in [2.05, 4.69) is 15.9 Å². The predicted octanol–water partition coefficient (Wildman–Crippen LogP) is 4.69. The maximum absolute atomic E-state index is 13.1. The van der Waals surface area contributed by atoms with Crippen LogP contribution in [0, 0.1) is 11.6 Å². The van der Waals surface area contributed by atoms with Crippen LogP contribution >= 0.6 is 27.7 Å². The average molecular weight is 329 g/mol. The molecule has 0 aliphatic rings. The van der Waals surface area contributed by atoms with Gasteiger partial charge in [-0.05, 0) is 36.4 Å². The van der Waals surface area contributed by atoms with Gasteiger partial charge >= 0.3 is 0 Å². The standard InChI is InChI=1S/C13H7BrF2OS/c14-9-2-1-8(7-17)13(5-9)18-10-3-4-11(15)12(16)6-10/h1-7H. The fourth-order valence-corrected chi connectivity index (χ4v) is 2.85. The molecule has 92 valence electrons. The molecule has 18 heavy (non-hydrogen) atoms. The van der Waals surface area contributed by atoms with Gasteiger partial charge in [0, 0.05) is 19.8 Å². The third-order valence-electron chi connectivity index (χ3n) is 2.22. The summed E-state index contributed by atoms with van der Waals surface area (Å²) in [7, 11) is 0. The molecule has 0 unspecified atom stereocenters. The molecule has 2 rings (SSSR count). The van der Waals surface area contributed by atoms with E-state index in [-0.39, 0.29) is 0 Å². The van der Waals surface area contributed by atoms with E-state index in [4.69, 9.17) is 0 Å². The molecule has 2 aromatic carbocycles. The zero-order chi connectivity index (χ0) is 13.1. The van der Waals surface area contributed by atoms with Gasteiger partial charge in [-0.2, -0.15) is 0 Å². The van der Waals surface area contributed by atoms with Crippen molar-refractivity contribution in [2.24, 2.45) is 0 Å². The van der Waals surface area contributed by atoms with E-state index in [0.717, 1.165) is 22.9 Å². The van der Waals surface area contributed by atoms with Crippen LogP contribution in [0.3, 0.4) is 0 Å². The van der Waals surface area contributed by atoms with Gasteiger partial charge in [0.15, 0.2) is 17.9 Å². The Hall–Kier alpha value is -1.20. The quantitative estimate of drug-likeness (QED) is 0.760. The van der Waals surface area contributed by atoms with Crippen LogP contribution in [-0.2, 0) is 0 Å². The molecule has 1 nitrogen and oxygen atoms in total. The lowest BCUT2D eigenvalue weighted by atomic mass is 10.2. The highest BCUT2D eigenvalue weighted by atomic mass is 79.9. The van der Waals surface area contributed by atoms with Gasteiger partial charge < -0.3 is 0 Å². The van der Waals surface area contributed by atoms with E-state index in [0.29, 0.717) is 15.4 Å². The molecule has 0 saturated heterocycles. The van der Waals surface area contributed by atoms with Crippen LogP contribution in [0.1, 0.15) is 10.4 Å². The number of benzene rings is 2. The number of rotatable bonds is 3. The van der Waals surface area contributed by atoms with Crippen molar-refractivity contribution < 1.29 is 13.6 Å². The Morgan fingerprint density at radius 3 is 2.50 bits per heavy atom. The van der Waals surface area contributed by atoms with Gasteiger partial charge in [0.2, 0.25) is 0 Å². The van der Waals surface area contributed by atoms with E-state index < -0.39 is 11.6 Å². The average Bonchev–Trinajstić information content (AvgIpc) is 2.34. The minimum atomic E-state index is -0.900. The number of aldehydes is 1. The van der Waals surface area contributed by atoms with Gasteiger partial charge in [-0.25, -0.2) is 8.78 Å². The Labute approximate surface area is 115 Å². The number of hydrogen-bond donors (Lipinski definition) is 0. The summed E-state index contributed by atoms with van der Waals surface area (Å²) >= 11 is 4.51. The second-order valence-electron chi connectivity index (χ2n) is 3.48. The van der Waals surface area contributed by atoms with Crippen LogP contribution < -0.4 is 0 Å². The Bertz CT molecular complexity index is 602. The summed E-state index contributed by atoms with van der Waals surface area (Å²) in [5.74, 6) is -1.79. The minimum absolute atomic E-state index is 0.507. The molecule has 0 aliphatic carbocycles. The molecule has 0 amide bonds. The maximum atomic E-state index is 13.1. The highest BCUT2D eigenvalue weighted by Crippen LogP contribution is 2.32. The summed E-state index contributed by atoms with van der Waals surface area (Å²) in [6.45, 7) is 0. The molecule has 0 aromatic heterocycles. The van der Waals surface area contributed by atoms with Crippen LogP contribution in [-0.4, -0.2) is 6.29 Å². The lowest BCUT2D eigenvalue weighted by molar-refractivity contribution is 0.112. The maximum Gasteiger partial charge on any atom is 0.159 e. The fraction of sp³-hybridized carbons (Fsp3) is 0. The van der Waals surface area contributed by atoms with Crippen molar-refractivity contribution in [1.29, 1.82) is 0 Å². The summed E-state index contributed by atoms with van der Waals surface area (Å²) < 4.78 is 26.7. The molecule has 2 aromatic rings. The van der Waals surface area contributed by atoms with Gasteiger partial charge in [0.25, 0.3) is 0 Å². The van der Waals surface area contributed by atoms with Crippen molar-refractivity contribution in [2.75, 3.05) is 0 Å². The SMILES string of the molecule is O=Cc1ccc(Br)cc1Sc1ccc(F)c(F)c1. The van der Waals surface area contributed by atoms with E-state index >= 15 is 0 Å². The molecular formula is C13H7BrF2OS. The first-order valence-electron chi connectivity index (χ1n) is 4.98. The van der Waals surface area contributed by atoms with Crippen LogP contribution in [0.15, 0.2) is 50.7 Å². The number of carbonyl (C=O) groups is 1. The molecule has 5 heteroatoms. The fourth-order valence-electron chi connectivity index (χ4n) is 1.36. The van der Waals surface area contributed by atoms with Gasteiger partial charge in [0.1, 0.15) is 0 Å². The first-order valence-corrected chi connectivity index (χ1v) is 6.59. The zero-order valence-electron chi connectivity index (χ0n) is 8.99. The lowest BCUT2D eigenvalue weighted by Crippen LogP contribution is -1.87. The van der Waals surface area contributed by atoms with Gasteiger partial charge in [0.05, 0.1) is 0 Å². The monoisotopic (exact) mass is 328 g/mol. The molecular weight excluding hydrogens is 322 g/mol. The van der Waals surface area contributed by atoms with Crippen molar-refractivity contribution in [3.8, 4) is 0 Å². The third-order valence-corrected chi connectivity index (χ3v) is 3.78. The molecule has 0 atom stereocenters. The van der Waals surface area contributed by atoms with E-state index in [1.807, 2.05) is 0 Å². The second-order valence-corrected chi connectivity index (χ2v) is 5.51. The highest BCUT2D eigenvalue weighted by molar-refractivity contribution is 9.10. The molecule has 0 bridgehead atoms. The van der Waals surface area contributed by atoms with E-state index in [9.17, 15) is 13.6 Å². The van der Waals surface area contributed by atoms with Crippen LogP contribution in [0.25, 0.3) is 0 Å².